The Morgan fingerprint density at radius 2 is 1.72 bits per heavy atom. The van der Waals surface area contributed by atoms with Crippen LogP contribution in [0.3, 0.4) is 0 Å². The van der Waals surface area contributed by atoms with Crippen LogP contribution in [-0.2, 0) is 11.2 Å². The molecule has 8 heteroatoms. The zero-order chi connectivity index (χ0) is 23.0. The van der Waals surface area contributed by atoms with Crippen LogP contribution in [0.4, 0.5) is 8.78 Å². The van der Waals surface area contributed by atoms with E-state index in [9.17, 15) is 24.1 Å². The Bertz CT molecular complexity index is 1100. The second kappa shape index (κ2) is 9.59. The molecule has 0 bridgehead atoms. The summed E-state index contributed by atoms with van der Waals surface area (Å²) >= 11 is 2.78. The molecule has 1 aliphatic heterocycles. The molecule has 1 aliphatic rings. The van der Waals surface area contributed by atoms with E-state index in [0.717, 1.165) is 32.5 Å². The van der Waals surface area contributed by atoms with Crippen LogP contribution in [0.15, 0.2) is 48.5 Å². The molecule has 0 radical (unpaired) electrons. The number of thioether (sulfide) groups is 1. The SMILES string of the molecule is CS[C@H]1O[C@@H](c2ccc(C)c(Cc3ccc(-c4ccc(F)c(F)c4)s3)c2)[C@H](O)[C@@H](O)[C@@H]1O. The molecule has 0 saturated carbocycles. The van der Waals surface area contributed by atoms with E-state index in [1.807, 2.05) is 37.3 Å². The van der Waals surface area contributed by atoms with Gasteiger partial charge < -0.3 is 20.1 Å². The van der Waals surface area contributed by atoms with Crippen LogP contribution >= 0.6 is 23.1 Å². The Labute approximate surface area is 193 Å². The zero-order valence-electron chi connectivity index (χ0n) is 17.5. The molecule has 4 rings (SSSR count). The number of aliphatic hydroxyl groups is 3. The molecule has 0 spiro atoms. The second-order valence-electron chi connectivity index (χ2n) is 7.89. The summed E-state index contributed by atoms with van der Waals surface area (Å²) in [6, 6.07) is 13.5. The van der Waals surface area contributed by atoms with Crippen molar-refractivity contribution >= 4 is 23.1 Å². The standard InChI is InChI=1S/C24H24F2O4S2/c1-12-3-4-14(23-21(28)20(27)22(29)24(30-23)31-2)9-15(12)10-16-6-8-19(32-16)13-5-7-17(25)18(26)11-13/h3-9,11,20-24,27-29H,10H2,1-2H3/t20-,21-,22+,23+,24-/m1/s1. The average Bonchev–Trinajstić information content (AvgIpc) is 3.24. The van der Waals surface area contributed by atoms with Gasteiger partial charge in [0.25, 0.3) is 0 Å². The number of thiophene rings is 1. The monoisotopic (exact) mass is 478 g/mol. The number of hydrogen-bond donors (Lipinski definition) is 3. The highest BCUT2D eigenvalue weighted by Crippen LogP contribution is 2.37. The van der Waals surface area contributed by atoms with Gasteiger partial charge in [0, 0.05) is 16.2 Å². The molecule has 0 aliphatic carbocycles. The first-order valence-corrected chi connectivity index (χ1v) is 12.2. The molecule has 5 atom stereocenters. The van der Waals surface area contributed by atoms with Gasteiger partial charge in [-0.15, -0.1) is 23.1 Å². The molecule has 2 aromatic carbocycles. The summed E-state index contributed by atoms with van der Waals surface area (Å²) in [7, 11) is 0. The number of hydrogen-bond acceptors (Lipinski definition) is 6. The highest BCUT2D eigenvalue weighted by molar-refractivity contribution is 7.99. The highest BCUT2D eigenvalue weighted by atomic mass is 32.2. The van der Waals surface area contributed by atoms with Crippen LogP contribution < -0.4 is 0 Å². The fourth-order valence-electron chi connectivity index (χ4n) is 3.84. The van der Waals surface area contributed by atoms with Crippen molar-refractivity contribution in [1.82, 2.24) is 0 Å². The minimum atomic E-state index is -1.30. The number of aryl methyl sites for hydroxylation is 1. The third-order valence-corrected chi connectivity index (χ3v) is 7.72. The Kier molecular flexibility index (Phi) is 7.00. The molecule has 1 saturated heterocycles. The van der Waals surface area contributed by atoms with Crippen molar-refractivity contribution in [2.75, 3.05) is 6.26 Å². The van der Waals surface area contributed by atoms with Crippen molar-refractivity contribution in [2.24, 2.45) is 0 Å². The minimum absolute atomic E-state index is 0.619. The van der Waals surface area contributed by atoms with Crippen LogP contribution in [0, 0.1) is 18.6 Å². The number of ether oxygens (including phenoxy) is 1. The largest absolute Gasteiger partial charge is 0.387 e. The highest BCUT2D eigenvalue weighted by Gasteiger charge is 2.44. The quantitative estimate of drug-likeness (QED) is 0.506. The molecule has 170 valence electrons. The van der Waals surface area contributed by atoms with Gasteiger partial charge >= 0.3 is 0 Å². The first kappa shape index (κ1) is 23.4. The Hall–Kier alpha value is -1.81. The number of benzene rings is 2. The summed E-state index contributed by atoms with van der Waals surface area (Å²) < 4.78 is 32.7. The lowest BCUT2D eigenvalue weighted by Gasteiger charge is -2.40. The van der Waals surface area contributed by atoms with E-state index in [1.54, 1.807) is 12.3 Å². The Morgan fingerprint density at radius 1 is 0.938 bits per heavy atom. The minimum Gasteiger partial charge on any atom is -0.387 e. The first-order valence-electron chi connectivity index (χ1n) is 10.1. The van der Waals surface area contributed by atoms with Crippen molar-refractivity contribution in [3.63, 3.8) is 0 Å². The van der Waals surface area contributed by atoms with E-state index < -0.39 is 41.5 Å². The van der Waals surface area contributed by atoms with Crippen LogP contribution in [0.25, 0.3) is 10.4 Å². The summed E-state index contributed by atoms with van der Waals surface area (Å²) in [4.78, 5) is 1.89. The van der Waals surface area contributed by atoms with Crippen molar-refractivity contribution in [3.05, 3.63) is 81.7 Å². The first-order chi connectivity index (χ1) is 15.3. The smallest absolute Gasteiger partial charge is 0.159 e. The molecule has 1 fully saturated rings. The molecule has 32 heavy (non-hydrogen) atoms. The lowest BCUT2D eigenvalue weighted by atomic mass is 9.92. The lowest BCUT2D eigenvalue weighted by Crippen LogP contribution is -2.52. The number of aliphatic hydroxyl groups excluding tert-OH is 3. The van der Waals surface area contributed by atoms with Crippen molar-refractivity contribution in [3.8, 4) is 10.4 Å². The van der Waals surface area contributed by atoms with Gasteiger partial charge in [0.05, 0.1) is 0 Å². The molecular weight excluding hydrogens is 454 g/mol. The second-order valence-corrected chi connectivity index (χ2v) is 9.99. The fourth-order valence-corrected chi connectivity index (χ4v) is 5.54. The molecule has 0 unspecified atom stereocenters. The normalized spacial score (nSPS) is 25.8. The molecular formula is C24H24F2O4S2. The maximum Gasteiger partial charge on any atom is 0.159 e. The van der Waals surface area contributed by atoms with Gasteiger partial charge in [-0.05, 0) is 59.7 Å². The van der Waals surface area contributed by atoms with E-state index in [-0.39, 0.29) is 0 Å². The maximum atomic E-state index is 13.6. The number of rotatable bonds is 5. The average molecular weight is 479 g/mol. The van der Waals surface area contributed by atoms with Crippen molar-refractivity contribution in [1.29, 1.82) is 0 Å². The molecule has 4 nitrogen and oxygen atoms in total. The number of halogens is 2. The molecule has 2 heterocycles. The Morgan fingerprint density at radius 3 is 2.44 bits per heavy atom. The van der Waals surface area contributed by atoms with E-state index >= 15 is 0 Å². The maximum absolute atomic E-state index is 13.6. The van der Waals surface area contributed by atoms with Crippen LogP contribution in [0.5, 0.6) is 0 Å². The van der Waals surface area contributed by atoms with E-state index in [1.165, 1.54) is 29.2 Å². The summed E-state index contributed by atoms with van der Waals surface area (Å²) in [5.41, 5.74) is 2.79. The summed E-state index contributed by atoms with van der Waals surface area (Å²) in [5.74, 6) is -1.74. The topological polar surface area (TPSA) is 69.9 Å². The molecule has 3 N–H and O–H groups in total. The van der Waals surface area contributed by atoms with E-state index in [0.29, 0.717) is 12.0 Å². The third-order valence-electron chi connectivity index (χ3n) is 5.73. The van der Waals surface area contributed by atoms with Crippen LogP contribution in [-0.4, -0.2) is 45.3 Å². The molecule has 1 aromatic heterocycles. The molecule has 3 aromatic rings. The molecule has 0 amide bonds. The Balaban J connectivity index is 1.57. The van der Waals surface area contributed by atoms with Gasteiger partial charge in [0.1, 0.15) is 29.9 Å². The summed E-state index contributed by atoms with van der Waals surface area (Å²) in [5, 5.41) is 30.8. The predicted molar refractivity (Wildman–Crippen MR) is 123 cm³/mol. The van der Waals surface area contributed by atoms with Crippen molar-refractivity contribution < 1.29 is 28.8 Å². The predicted octanol–water partition coefficient (Wildman–Crippen LogP) is 4.44. The summed E-state index contributed by atoms with van der Waals surface area (Å²) in [6.45, 7) is 1.99. The summed E-state index contributed by atoms with van der Waals surface area (Å²) in [6.07, 6.45) is -2.07. The van der Waals surface area contributed by atoms with Gasteiger partial charge in [-0.25, -0.2) is 8.78 Å². The third kappa shape index (κ3) is 4.62. The van der Waals surface area contributed by atoms with Gasteiger partial charge in [0.15, 0.2) is 11.6 Å². The van der Waals surface area contributed by atoms with Gasteiger partial charge in [0.2, 0.25) is 0 Å². The van der Waals surface area contributed by atoms with E-state index in [2.05, 4.69) is 0 Å². The van der Waals surface area contributed by atoms with Crippen LogP contribution in [0.2, 0.25) is 0 Å². The fraction of sp³-hybridized carbons (Fsp3) is 0.333. The van der Waals surface area contributed by atoms with Gasteiger partial charge in [-0.2, -0.15) is 0 Å². The van der Waals surface area contributed by atoms with Gasteiger partial charge in [-0.1, -0.05) is 24.3 Å². The van der Waals surface area contributed by atoms with Gasteiger partial charge in [-0.3, -0.25) is 0 Å². The van der Waals surface area contributed by atoms with Crippen molar-refractivity contribution in [2.45, 2.75) is 43.2 Å². The van der Waals surface area contributed by atoms with E-state index in [4.69, 9.17) is 4.74 Å². The zero-order valence-corrected chi connectivity index (χ0v) is 19.2. The lowest BCUT2D eigenvalue weighted by molar-refractivity contribution is -0.200. The van der Waals surface area contributed by atoms with Crippen LogP contribution in [0.1, 0.15) is 27.7 Å².